The fourth-order valence-electron chi connectivity index (χ4n) is 3.38. The summed E-state index contributed by atoms with van der Waals surface area (Å²) in [6.45, 7) is 4.04. The van der Waals surface area contributed by atoms with Gasteiger partial charge < -0.3 is 19.3 Å². The maximum absolute atomic E-state index is 11.4. The molecule has 2 rings (SSSR count). The Morgan fingerprint density at radius 1 is 0.774 bits per heavy atom. The molecule has 0 spiro atoms. The van der Waals surface area contributed by atoms with Crippen molar-refractivity contribution in [2.24, 2.45) is 11.8 Å². The summed E-state index contributed by atoms with van der Waals surface area (Å²) >= 11 is 0. The Hall–Kier alpha value is -3.19. The molecule has 0 fully saturated rings. The molecule has 1 N–H and O–H groups in total. The van der Waals surface area contributed by atoms with Crippen molar-refractivity contribution < 1.29 is 33.7 Å². The molecular weight excluding hydrogens is 400 g/mol. The van der Waals surface area contributed by atoms with Crippen LogP contribution in [0.5, 0.6) is 11.5 Å². The number of esters is 3. The van der Waals surface area contributed by atoms with Gasteiger partial charge in [0.15, 0.2) is 0 Å². The van der Waals surface area contributed by atoms with Crippen molar-refractivity contribution in [2.45, 2.75) is 33.6 Å². The summed E-state index contributed by atoms with van der Waals surface area (Å²) < 4.78 is 15.5. The molecule has 7 nitrogen and oxygen atoms in total. The zero-order chi connectivity index (χ0) is 22.8. The predicted molar refractivity (Wildman–Crippen MR) is 114 cm³/mol. The highest BCUT2D eigenvalue weighted by Crippen LogP contribution is 2.26. The number of benzene rings is 2. The van der Waals surface area contributed by atoms with Gasteiger partial charge in [-0.25, -0.2) is 0 Å². The Labute approximate surface area is 181 Å². The highest BCUT2D eigenvalue weighted by molar-refractivity contribution is 5.69. The van der Waals surface area contributed by atoms with Gasteiger partial charge in [-0.3, -0.25) is 14.4 Å². The standard InChI is InChI=1S/C24H28O7/c1-16(26)29-15-22(11-20-7-5-9-24(13-20)31-18(3)28)21(14-25)10-19-6-4-8-23(12-19)30-17(2)27/h4-9,12-13,21-22,25H,10-11,14-15H2,1-3H3. The minimum absolute atomic E-state index is 0.118. The van der Waals surface area contributed by atoms with Gasteiger partial charge in [0.2, 0.25) is 0 Å². The van der Waals surface area contributed by atoms with Crippen LogP contribution in [-0.4, -0.2) is 36.2 Å². The van der Waals surface area contributed by atoms with Gasteiger partial charge in [0.25, 0.3) is 0 Å². The quantitative estimate of drug-likeness (QED) is 0.458. The Morgan fingerprint density at radius 3 is 1.68 bits per heavy atom. The monoisotopic (exact) mass is 428 g/mol. The first-order chi connectivity index (χ1) is 14.8. The Balaban J connectivity index is 2.21. The van der Waals surface area contributed by atoms with Crippen LogP contribution in [0.25, 0.3) is 0 Å². The van der Waals surface area contributed by atoms with Crippen molar-refractivity contribution in [1.82, 2.24) is 0 Å². The van der Waals surface area contributed by atoms with E-state index >= 15 is 0 Å². The van der Waals surface area contributed by atoms with E-state index in [4.69, 9.17) is 14.2 Å². The third-order valence-electron chi connectivity index (χ3n) is 4.72. The highest BCUT2D eigenvalue weighted by Gasteiger charge is 2.24. The van der Waals surface area contributed by atoms with Gasteiger partial charge in [-0.15, -0.1) is 0 Å². The highest BCUT2D eigenvalue weighted by atomic mass is 16.5. The van der Waals surface area contributed by atoms with E-state index in [0.29, 0.717) is 24.3 Å². The first-order valence-electron chi connectivity index (χ1n) is 10.1. The lowest BCUT2D eigenvalue weighted by Crippen LogP contribution is -2.28. The van der Waals surface area contributed by atoms with Gasteiger partial charge in [-0.05, 0) is 54.2 Å². The molecule has 2 unspecified atom stereocenters. The van der Waals surface area contributed by atoms with Crippen LogP contribution in [-0.2, 0) is 32.0 Å². The Kier molecular flexibility index (Phi) is 9.21. The number of carbonyl (C=O) groups excluding carboxylic acids is 3. The lowest BCUT2D eigenvalue weighted by molar-refractivity contribution is -0.143. The average Bonchev–Trinajstić information content (AvgIpc) is 2.69. The van der Waals surface area contributed by atoms with E-state index in [-0.39, 0.29) is 25.0 Å². The lowest BCUT2D eigenvalue weighted by Gasteiger charge is -2.26. The molecule has 7 heteroatoms. The van der Waals surface area contributed by atoms with E-state index in [2.05, 4.69) is 0 Å². The van der Waals surface area contributed by atoms with E-state index in [1.807, 2.05) is 12.1 Å². The maximum Gasteiger partial charge on any atom is 0.308 e. The molecule has 0 radical (unpaired) electrons. The van der Waals surface area contributed by atoms with Gasteiger partial charge in [0.1, 0.15) is 11.5 Å². The van der Waals surface area contributed by atoms with Crippen LogP contribution in [0.3, 0.4) is 0 Å². The summed E-state index contributed by atoms with van der Waals surface area (Å²) in [7, 11) is 0. The largest absolute Gasteiger partial charge is 0.466 e. The van der Waals surface area contributed by atoms with Crippen LogP contribution in [0.2, 0.25) is 0 Å². The van der Waals surface area contributed by atoms with E-state index in [0.717, 1.165) is 11.1 Å². The van der Waals surface area contributed by atoms with E-state index in [9.17, 15) is 19.5 Å². The minimum atomic E-state index is -0.408. The number of rotatable bonds is 10. The molecule has 166 valence electrons. The third-order valence-corrected chi connectivity index (χ3v) is 4.72. The molecule has 0 aliphatic rings. The van der Waals surface area contributed by atoms with Gasteiger partial charge in [-0.2, -0.15) is 0 Å². The van der Waals surface area contributed by atoms with Crippen LogP contribution in [0.15, 0.2) is 48.5 Å². The Morgan fingerprint density at radius 2 is 1.26 bits per heavy atom. The second-order valence-electron chi connectivity index (χ2n) is 7.40. The fraction of sp³-hybridized carbons (Fsp3) is 0.375. The molecule has 2 aromatic rings. The van der Waals surface area contributed by atoms with E-state index < -0.39 is 17.9 Å². The van der Waals surface area contributed by atoms with Gasteiger partial charge in [0, 0.05) is 33.3 Å². The molecule has 0 bridgehead atoms. The number of aliphatic hydroxyl groups is 1. The van der Waals surface area contributed by atoms with Crippen LogP contribution < -0.4 is 9.47 Å². The van der Waals surface area contributed by atoms with Crippen molar-refractivity contribution >= 4 is 17.9 Å². The van der Waals surface area contributed by atoms with Crippen molar-refractivity contribution in [3.8, 4) is 11.5 Å². The van der Waals surface area contributed by atoms with Crippen LogP contribution in [0.4, 0.5) is 0 Å². The summed E-state index contributed by atoms with van der Waals surface area (Å²) in [5.41, 5.74) is 1.78. The van der Waals surface area contributed by atoms with Crippen LogP contribution in [0, 0.1) is 11.8 Å². The maximum atomic E-state index is 11.4. The second-order valence-corrected chi connectivity index (χ2v) is 7.40. The summed E-state index contributed by atoms with van der Waals surface area (Å²) in [5.74, 6) is -0.737. The molecule has 0 saturated heterocycles. The number of ether oxygens (including phenoxy) is 3. The van der Waals surface area contributed by atoms with Gasteiger partial charge in [-0.1, -0.05) is 24.3 Å². The van der Waals surface area contributed by atoms with E-state index in [1.165, 1.54) is 20.8 Å². The summed E-state index contributed by atoms with van der Waals surface area (Å²) in [4.78, 5) is 33.8. The van der Waals surface area contributed by atoms with E-state index in [1.54, 1.807) is 36.4 Å². The number of aliphatic hydroxyl groups excluding tert-OH is 1. The SMILES string of the molecule is CC(=O)OCC(Cc1cccc(OC(C)=O)c1)C(CO)Cc1cccc(OC(C)=O)c1. The smallest absolute Gasteiger partial charge is 0.308 e. The molecule has 2 atom stereocenters. The average molecular weight is 428 g/mol. The van der Waals surface area contributed by atoms with Crippen molar-refractivity contribution in [2.75, 3.05) is 13.2 Å². The molecule has 0 aromatic heterocycles. The van der Waals surface area contributed by atoms with Crippen LogP contribution in [0.1, 0.15) is 31.9 Å². The molecular formula is C24H28O7. The first-order valence-corrected chi connectivity index (χ1v) is 10.1. The fourth-order valence-corrected chi connectivity index (χ4v) is 3.38. The summed E-state index contributed by atoms with van der Waals surface area (Å²) in [5, 5.41) is 10.1. The topological polar surface area (TPSA) is 99.1 Å². The van der Waals surface area contributed by atoms with Gasteiger partial charge in [0.05, 0.1) is 6.61 Å². The third kappa shape index (κ3) is 8.60. The molecule has 0 heterocycles. The normalized spacial score (nSPS) is 12.5. The molecule has 2 aromatic carbocycles. The van der Waals surface area contributed by atoms with Crippen molar-refractivity contribution in [1.29, 1.82) is 0 Å². The Bertz CT molecular complexity index is 906. The number of hydrogen-bond acceptors (Lipinski definition) is 7. The van der Waals surface area contributed by atoms with Crippen molar-refractivity contribution in [3.63, 3.8) is 0 Å². The lowest BCUT2D eigenvalue weighted by atomic mass is 9.83. The van der Waals surface area contributed by atoms with Crippen molar-refractivity contribution in [3.05, 3.63) is 59.7 Å². The molecule has 0 amide bonds. The van der Waals surface area contributed by atoms with Gasteiger partial charge >= 0.3 is 17.9 Å². The molecule has 31 heavy (non-hydrogen) atoms. The minimum Gasteiger partial charge on any atom is -0.466 e. The molecule has 0 aliphatic carbocycles. The number of carbonyl (C=O) groups is 3. The summed E-state index contributed by atoms with van der Waals surface area (Å²) in [6.07, 6.45) is 1.01. The zero-order valence-corrected chi connectivity index (χ0v) is 18.0. The number of hydrogen-bond donors (Lipinski definition) is 1. The second kappa shape index (κ2) is 11.9. The predicted octanol–water partition coefficient (Wildman–Crippen LogP) is 3.11. The van der Waals surface area contributed by atoms with Crippen LogP contribution >= 0.6 is 0 Å². The zero-order valence-electron chi connectivity index (χ0n) is 18.0. The first kappa shape index (κ1) is 24.1. The molecule has 0 saturated carbocycles. The summed E-state index contributed by atoms with van der Waals surface area (Å²) in [6, 6.07) is 14.3. The molecule has 0 aliphatic heterocycles.